The monoisotopic (exact) mass is 918 g/mol. The number of hydrogen-bond acceptors (Lipinski definition) is 4. The number of carbonyl (C=O) groups excluding carboxylic acids is 1. The Morgan fingerprint density at radius 2 is 0.600 bits per heavy atom. The molecule has 0 rings (SSSR count). The number of aliphatic hydroxyl groups excluding tert-OH is 3. The van der Waals surface area contributed by atoms with Gasteiger partial charge < -0.3 is 20.6 Å². The molecule has 0 aliphatic heterocycles. The Hall–Kier alpha value is -0.910. The van der Waals surface area contributed by atoms with Crippen LogP contribution in [0.15, 0.2) is 12.2 Å². The summed E-state index contributed by atoms with van der Waals surface area (Å²) < 4.78 is 0. The van der Waals surface area contributed by atoms with Crippen LogP contribution >= 0.6 is 0 Å². The van der Waals surface area contributed by atoms with Crippen molar-refractivity contribution >= 4 is 5.91 Å². The van der Waals surface area contributed by atoms with Crippen LogP contribution in [0.25, 0.3) is 0 Å². The van der Waals surface area contributed by atoms with Crippen molar-refractivity contribution in [3.8, 4) is 0 Å². The number of hydrogen-bond donors (Lipinski definition) is 4. The van der Waals surface area contributed by atoms with Gasteiger partial charge >= 0.3 is 0 Å². The van der Waals surface area contributed by atoms with Crippen molar-refractivity contribution in [2.75, 3.05) is 6.61 Å². The molecule has 0 aliphatic rings. The molecule has 5 heteroatoms. The van der Waals surface area contributed by atoms with Crippen LogP contribution < -0.4 is 5.32 Å². The van der Waals surface area contributed by atoms with Gasteiger partial charge in [0.15, 0.2) is 0 Å². The van der Waals surface area contributed by atoms with Crippen molar-refractivity contribution < 1.29 is 20.1 Å². The average Bonchev–Trinajstić information content (AvgIpc) is 3.31. The van der Waals surface area contributed by atoms with E-state index >= 15 is 0 Å². The molecule has 0 heterocycles. The minimum Gasteiger partial charge on any atom is -0.394 e. The second-order valence-corrected chi connectivity index (χ2v) is 20.9. The predicted octanol–water partition coefficient (Wildman–Crippen LogP) is 18.7. The average molecular weight is 919 g/mol. The second-order valence-electron chi connectivity index (χ2n) is 20.9. The molecule has 3 atom stereocenters. The summed E-state index contributed by atoms with van der Waals surface area (Å²) in [5.74, 6) is -0.496. The van der Waals surface area contributed by atoms with Crippen LogP contribution in [0.4, 0.5) is 0 Å². The maximum Gasteiger partial charge on any atom is 0.249 e. The van der Waals surface area contributed by atoms with E-state index in [-0.39, 0.29) is 6.61 Å². The van der Waals surface area contributed by atoms with Gasteiger partial charge in [0.1, 0.15) is 6.10 Å². The molecule has 0 aromatic carbocycles. The summed E-state index contributed by atoms with van der Waals surface area (Å²) in [6.07, 6.45) is 70.4. The highest BCUT2D eigenvalue weighted by Gasteiger charge is 2.22. The van der Waals surface area contributed by atoms with Gasteiger partial charge in [-0.05, 0) is 19.3 Å². The standard InChI is InChI=1S/C60H119NO4/c1-3-5-7-9-11-13-15-17-19-20-21-22-23-24-25-26-27-28-29-30-31-32-33-34-35-36-37-38-39-41-43-45-47-49-51-53-55-59(64)60(65)61-57(56-62)58(63)54-52-50-48-46-44-42-40-18-16-14-12-10-8-6-4-2/h52,54,57-59,62-64H,3-51,53,55-56H2,1-2H3,(H,61,65)/b54-52+. The van der Waals surface area contributed by atoms with Crippen molar-refractivity contribution in [2.45, 2.75) is 360 Å². The molecule has 0 saturated carbocycles. The topological polar surface area (TPSA) is 89.8 Å². The van der Waals surface area contributed by atoms with Gasteiger partial charge in [-0.1, -0.05) is 334 Å². The molecular weight excluding hydrogens is 799 g/mol. The maximum absolute atomic E-state index is 12.5. The zero-order chi connectivity index (χ0) is 47.2. The predicted molar refractivity (Wildman–Crippen MR) is 287 cm³/mol. The van der Waals surface area contributed by atoms with Gasteiger partial charge in [0, 0.05) is 0 Å². The minimum atomic E-state index is -1.09. The molecule has 0 fully saturated rings. The maximum atomic E-state index is 12.5. The van der Waals surface area contributed by atoms with E-state index < -0.39 is 24.2 Å². The molecule has 0 radical (unpaired) electrons. The van der Waals surface area contributed by atoms with E-state index in [9.17, 15) is 20.1 Å². The van der Waals surface area contributed by atoms with Crippen LogP contribution in [-0.2, 0) is 4.79 Å². The molecule has 0 saturated heterocycles. The largest absolute Gasteiger partial charge is 0.394 e. The molecule has 4 N–H and O–H groups in total. The Labute approximate surface area is 408 Å². The number of aliphatic hydroxyl groups is 3. The summed E-state index contributed by atoms with van der Waals surface area (Å²) in [7, 11) is 0. The van der Waals surface area contributed by atoms with E-state index in [1.54, 1.807) is 6.08 Å². The molecule has 0 spiro atoms. The third-order valence-corrected chi connectivity index (χ3v) is 14.4. The van der Waals surface area contributed by atoms with E-state index in [4.69, 9.17) is 0 Å². The van der Waals surface area contributed by atoms with Crippen molar-refractivity contribution in [1.82, 2.24) is 5.32 Å². The summed E-state index contributed by atoms with van der Waals surface area (Å²) in [5, 5.41) is 33.3. The summed E-state index contributed by atoms with van der Waals surface area (Å²) in [6, 6.07) is -0.794. The molecule has 5 nitrogen and oxygen atoms in total. The molecule has 0 aromatic rings. The fourth-order valence-electron chi connectivity index (χ4n) is 9.72. The number of unbranched alkanes of at least 4 members (excludes halogenated alkanes) is 48. The lowest BCUT2D eigenvalue weighted by Crippen LogP contribution is -2.48. The lowest BCUT2D eigenvalue weighted by molar-refractivity contribution is -0.131. The normalized spacial score (nSPS) is 13.2. The lowest BCUT2D eigenvalue weighted by Gasteiger charge is -2.21. The van der Waals surface area contributed by atoms with Crippen LogP contribution in [-0.4, -0.2) is 46.1 Å². The molecule has 0 bridgehead atoms. The van der Waals surface area contributed by atoms with Gasteiger partial charge in [0.25, 0.3) is 0 Å². The highest BCUT2D eigenvalue weighted by atomic mass is 16.3. The number of carbonyl (C=O) groups is 1. The SMILES string of the molecule is CCCCCCCCCCCCCCC/C=C/C(O)C(CO)NC(=O)C(O)CCCCCCCCCCCCCCCCCCCCCCCCCCCCCCCCCCCCCC. The first-order valence-electron chi connectivity index (χ1n) is 30.0. The Morgan fingerprint density at radius 3 is 0.846 bits per heavy atom. The zero-order valence-corrected chi connectivity index (χ0v) is 44.4. The van der Waals surface area contributed by atoms with Gasteiger partial charge in [0.05, 0.1) is 18.8 Å². The third-order valence-electron chi connectivity index (χ3n) is 14.4. The van der Waals surface area contributed by atoms with Crippen molar-refractivity contribution in [3.63, 3.8) is 0 Å². The number of allylic oxidation sites excluding steroid dienone is 1. The fraction of sp³-hybridized carbons (Fsp3) is 0.950. The van der Waals surface area contributed by atoms with Gasteiger partial charge in [-0.25, -0.2) is 0 Å². The second kappa shape index (κ2) is 55.7. The highest BCUT2D eigenvalue weighted by molar-refractivity contribution is 5.80. The molecule has 0 aliphatic carbocycles. The smallest absolute Gasteiger partial charge is 0.249 e. The first kappa shape index (κ1) is 64.1. The Balaban J connectivity index is 3.43. The molecule has 3 unspecified atom stereocenters. The third kappa shape index (κ3) is 50.8. The number of amides is 1. The quantitative estimate of drug-likeness (QED) is 0.0361. The lowest BCUT2D eigenvalue weighted by atomic mass is 10.0. The fourth-order valence-corrected chi connectivity index (χ4v) is 9.72. The van der Waals surface area contributed by atoms with Crippen molar-refractivity contribution in [3.05, 3.63) is 12.2 Å². The Morgan fingerprint density at radius 1 is 0.369 bits per heavy atom. The van der Waals surface area contributed by atoms with E-state index in [1.165, 1.54) is 289 Å². The van der Waals surface area contributed by atoms with Crippen LogP contribution in [0.3, 0.4) is 0 Å². The number of nitrogens with one attached hydrogen (secondary N) is 1. The van der Waals surface area contributed by atoms with Gasteiger partial charge in [-0.3, -0.25) is 4.79 Å². The van der Waals surface area contributed by atoms with Gasteiger partial charge in [-0.15, -0.1) is 0 Å². The zero-order valence-electron chi connectivity index (χ0n) is 44.4. The van der Waals surface area contributed by atoms with Crippen LogP contribution in [0, 0.1) is 0 Å². The van der Waals surface area contributed by atoms with E-state index in [0.29, 0.717) is 6.42 Å². The first-order chi connectivity index (χ1) is 32.1. The molecular formula is C60H119NO4. The molecule has 1 amide bonds. The summed E-state index contributed by atoms with van der Waals surface area (Å²) in [4.78, 5) is 12.5. The first-order valence-corrected chi connectivity index (χ1v) is 30.0. The van der Waals surface area contributed by atoms with Crippen LogP contribution in [0.5, 0.6) is 0 Å². The van der Waals surface area contributed by atoms with E-state index in [1.807, 2.05) is 6.08 Å². The Bertz CT molecular complexity index is 925. The number of rotatable bonds is 56. The van der Waals surface area contributed by atoms with Gasteiger partial charge in [0.2, 0.25) is 5.91 Å². The molecule has 0 aromatic heterocycles. The minimum absolute atomic E-state index is 0.359. The van der Waals surface area contributed by atoms with Crippen LogP contribution in [0.1, 0.15) is 341 Å². The molecule has 388 valence electrons. The van der Waals surface area contributed by atoms with E-state index in [2.05, 4.69) is 19.2 Å². The highest BCUT2D eigenvalue weighted by Crippen LogP contribution is 2.19. The molecule has 65 heavy (non-hydrogen) atoms. The summed E-state index contributed by atoms with van der Waals surface area (Å²) in [5.41, 5.74) is 0. The summed E-state index contributed by atoms with van der Waals surface area (Å²) >= 11 is 0. The van der Waals surface area contributed by atoms with Gasteiger partial charge in [-0.2, -0.15) is 0 Å². The van der Waals surface area contributed by atoms with E-state index in [0.717, 1.165) is 32.1 Å². The van der Waals surface area contributed by atoms with Crippen LogP contribution in [0.2, 0.25) is 0 Å². The Kier molecular flexibility index (Phi) is 54.9. The summed E-state index contributed by atoms with van der Waals surface area (Å²) in [6.45, 7) is 4.22. The van der Waals surface area contributed by atoms with Crippen molar-refractivity contribution in [2.24, 2.45) is 0 Å². The van der Waals surface area contributed by atoms with Crippen molar-refractivity contribution in [1.29, 1.82) is 0 Å².